The summed E-state index contributed by atoms with van der Waals surface area (Å²) in [6.07, 6.45) is 5.59. The van der Waals surface area contributed by atoms with Crippen LogP contribution in [0.1, 0.15) is 45.0 Å². The Morgan fingerprint density at radius 1 is 0.976 bits per heavy atom. The molecule has 0 unspecified atom stereocenters. The van der Waals surface area contributed by atoms with Crippen LogP contribution in [0.4, 0.5) is 11.5 Å². The summed E-state index contributed by atoms with van der Waals surface area (Å²) in [6, 6.07) is 19.8. The van der Waals surface area contributed by atoms with E-state index in [-0.39, 0.29) is 11.8 Å². The number of carbonyl (C=O) groups excluding carboxylic acids is 2. The van der Waals surface area contributed by atoms with Gasteiger partial charge in [0, 0.05) is 54.5 Å². The second-order valence-electron chi connectivity index (χ2n) is 10.7. The number of ether oxygens (including phenoxy) is 1. The average Bonchev–Trinajstić information content (AvgIpc) is 3.81. The molecule has 1 aliphatic carbocycles. The van der Waals surface area contributed by atoms with Crippen LogP contribution in [0.2, 0.25) is 0 Å². The number of rotatable bonds is 5. The third-order valence-electron chi connectivity index (χ3n) is 7.79. The summed E-state index contributed by atoms with van der Waals surface area (Å²) in [5, 5.41) is 3.10. The molecule has 208 valence electrons. The zero-order chi connectivity index (χ0) is 27.8. The van der Waals surface area contributed by atoms with Crippen molar-refractivity contribution in [1.29, 1.82) is 0 Å². The van der Waals surface area contributed by atoms with Crippen molar-refractivity contribution in [1.82, 2.24) is 15.3 Å². The largest absolute Gasteiger partial charge is 0.380 e. The molecule has 41 heavy (non-hydrogen) atoms. The molecular weight excluding hydrogens is 534 g/mol. The van der Waals surface area contributed by atoms with Crippen LogP contribution in [-0.4, -0.2) is 60.7 Å². The number of pyridine rings is 2. The second-order valence-corrected chi connectivity index (χ2v) is 11.8. The number of aromatic nitrogens is 2. The van der Waals surface area contributed by atoms with Gasteiger partial charge < -0.3 is 19.9 Å². The van der Waals surface area contributed by atoms with Crippen LogP contribution < -0.4 is 15.1 Å². The van der Waals surface area contributed by atoms with E-state index >= 15 is 0 Å². The van der Waals surface area contributed by atoms with E-state index < -0.39 is 0 Å². The van der Waals surface area contributed by atoms with E-state index in [1.165, 1.54) is 11.3 Å². The number of hydrogen-bond acceptors (Lipinski definition) is 7. The summed E-state index contributed by atoms with van der Waals surface area (Å²) in [7, 11) is 0. The van der Waals surface area contributed by atoms with E-state index in [0.717, 1.165) is 76.9 Å². The minimum atomic E-state index is -0.143. The molecule has 7 rings (SSSR count). The van der Waals surface area contributed by atoms with E-state index in [2.05, 4.69) is 10.2 Å². The molecule has 4 aromatic rings. The monoisotopic (exact) mass is 565 g/mol. The van der Waals surface area contributed by atoms with E-state index in [1.54, 1.807) is 6.07 Å². The molecule has 9 heteroatoms. The van der Waals surface area contributed by atoms with Gasteiger partial charge in [-0.25, -0.2) is 9.97 Å². The van der Waals surface area contributed by atoms with Crippen LogP contribution in [0, 0.1) is 0 Å². The third-order valence-corrected chi connectivity index (χ3v) is 9.00. The Hall–Kier alpha value is -4.08. The van der Waals surface area contributed by atoms with E-state index in [1.807, 2.05) is 65.7 Å². The smallest absolute Gasteiger partial charge is 0.276 e. The molecule has 0 atom stereocenters. The average molecular weight is 566 g/mol. The Bertz CT molecular complexity index is 1590. The Kier molecular flexibility index (Phi) is 6.98. The molecule has 3 aromatic heterocycles. The van der Waals surface area contributed by atoms with Gasteiger partial charge in [-0.15, -0.1) is 11.3 Å². The SMILES string of the molecule is O=C(NC1CC1)c1cc2c(s1)-c1ccccc1N(C(=O)c1cccc(-c3ccc(N4CCCOCC4)nc3)n1)CC2. The van der Waals surface area contributed by atoms with Crippen LogP contribution in [-0.2, 0) is 11.2 Å². The molecule has 1 aromatic carbocycles. The van der Waals surface area contributed by atoms with Crippen LogP contribution in [0.5, 0.6) is 0 Å². The highest BCUT2D eigenvalue weighted by Gasteiger charge is 2.30. The highest BCUT2D eigenvalue weighted by Crippen LogP contribution is 2.42. The number of amides is 2. The summed E-state index contributed by atoms with van der Waals surface area (Å²) >= 11 is 1.51. The lowest BCUT2D eigenvalue weighted by Gasteiger charge is -2.23. The number of fused-ring (bicyclic) bond motifs is 3. The van der Waals surface area contributed by atoms with Gasteiger partial charge in [-0.1, -0.05) is 24.3 Å². The number of thiophene rings is 1. The summed E-state index contributed by atoms with van der Waals surface area (Å²) in [5.74, 6) is 0.781. The summed E-state index contributed by atoms with van der Waals surface area (Å²) in [5.41, 5.74) is 4.88. The predicted octanol–water partition coefficient (Wildman–Crippen LogP) is 5.19. The number of nitrogens with zero attached hydrogens (tertiary/aromatic N) is 4. The van der Waals surface area contributed by atoms with Crippen molar-refractivity contribution >= 4 is 34.7 Å². The lowest BCUT2D eigenvalue weighted by Crippen LogP contribution is -2.33. The summed E-state index contributed by atoms with van der Waals surface area (Å²) < 4.78 is 5.57. The molecule has 0 bridgehead atoms. The molecule has 1 saturated carbocycles. The Morgan fingerprint density at radius 2 is 1.88 bits per heavy atom. The van der Waals surface area contributed by atoms with Gasteiger partial charge in [0.25, 0.3) is 11.8 Å². The quantitative estimate of drug-likeness (QED) is 0.358. The standard InChI is InChI=1S/C32H31N5O3S/c38-31(34-23-10-11-23)28-19-21-13-15-37(27-8-2-1-5-24(27)30(21)41-28)32(39)26-7-3-6-25(35-26)22-9-12-29(33-20-22)36-14-4-17-40-18-16-36/h1-3,5-9,12,19-20,23H,4,10-11,13-18H2,(H,34,38). The maximum absolute atomic E-state index is 13.9. The Balaban J connectivity index is 1.14. The summed E-state index contributed by atoms with van der Waals surface area (Å²) in [4.78, 5) is 42.0. The Morgan fingerprint density at radius 3 is 2.73 bits per heavy atom. The molecule has 3 aliphatic rings. The topological polar surface area (TPSA) is 87.7 Å². The predicted molar refractivity (Wildman–Crippen MR) is 161 cm³/mol. The van der Waals surface area contributed by atoms with Crippen molar-refractivity contribution in [3.8, 4) is 21.7 Å². The minimum absolute atomic E-state index is 0.0000294. The van der Waals surface area contributed by atoms with Crippen LogP contribution >= 0.6 is 11.3 Å². The lowest BCUT2D eigenvalue weighted by atomic mass is 10.1. The summed E-state index contributed by atoms with van der Waals surface area (Å²) in [6.45, 7) is 3.75. The van der Waals surface area contributed by atoms with Crippen molar-refractivity contribution in [2.45, 2.75) is 31.7 Å². The number of benzene rings is 1. The molecule has 0 spiro atoms. The van der Waals surface area contributed by atoms with E-state index in [4.69, 9.17) is 14.7 Å². The van der Waals surface area contributed by atoms with Crippen molar-refractivity contribution in [2.75, 3.05) is 42.6 Å². The molecule has 2 fully saturated rings. The molecule has 5 heterocycles. The van der Waals surface area contributed by atoms with Gasteiger partial charge in [0.1, 0.15) is 11.5 Å². The molecule has 0 radical (unpaired) electrons. The van der Waals surface area contributed by atoms with Gasteiger partial charge in [0.15, 0.2) is 0 Å². The van der Waals surface area contributed by atoms with Gasteiger partial charge in [0.05, 0.1) is 22.9 Å². The van der Waals surface area contributed by atoms with Gasteiger partial charge in [-0.3, -0.25) is 9.59 Å². The fraction of sp³-hybridized carbons (Fsp3) is 0.312. The van der Waals surface area contributed by atoms with Gasteiger partial charge >= 0.3 is 0 Å². The fourth-order valence-electron chi connectivity index (χ4n) is 5.46. The maximum Gasteiger partial charge on any atom is 0.276 e. The number of hydrogen-bond donors (Lipinski definition) is 1. The van der Waals surface area contributed by atoms with Crippen molar-refractivity contribution in [3.05, 3.63) is 83.0 Å². The zero-order valence-electron chi connectivity index (χ0n) is 22.7. The van der Waals surface area contributed by atoms with Crippen LogP contribution in [0.25, 0.3) is 21.7 Å². The molecular formula is C32H31N5O3S. The molecule has 1 saturated heterocycles. The number of anilines is 2. The normalized spacial score (nSPS) is 16.8. The van der Waals surface area contributed by atoms with Crippen LogP contribution in [0.3, 0.4) is 0 Å². The minimum Gasteiger partial charge on any atom is -0.380 e. The number of carbonyl (C=O) groups is 2. The van der Waals surface area contributed by atoms with Gasteiger partial charge in [-0.05, 0) is 67.6 Å². The molecule has 1 N–H and O–H groups in total. The first kappa shape index (κ1) is 25.9. The Labute approximate surface area is 243 Å². The van der Waals surface area contributed by atoms with Crippen molar-refractivity contribution < 1.29 is 14.3 Å². The highest BCUT2D eigenvalue weighted by atomic mass is 32.1. The number of nitrogens with one attached hydrogen (secondary N) is 1. The first-order valence-electron chi connectivity index (χ1n) is 14.2. The second kappa shape index (κ2) is 11.1. The molecule has 2 amide bonds. The zero-order valence-corrected chi connectivity index (χ0v) is 23.5. The van der Waals surface area contributed by atoms with Gasteiger partial charge in [-0.2, -0.15) is 0 Å². The maximum atomic E-state index is 13.9. The van der Waals surface area contributed by atoms with Crippen molar-refractivity contribution in [3.63, 3.8) is 0 Å². The van der Waals surface area contributed by atoms with E-state index in [9.17, 15) is 9.59 Å². The molecule has 8 nitrogen and oxygen atoms in total. The van der Waals surface area contributed by atoms with Gasteiger partial charge in [0.2, 0.25) is 0 Å². The van der Waals surface area contributed by atoms with Crippen molar-refractivity contribution in [2.24, 2.45) is 0 Å². The van der Waals surface area contributed by atoms with E-state index in [0.29, 0.717) is 37.0 Å². The highest BCUT2D eigenvalue weighted by molar-refractivity contribution is 7.17. The van der Waals surface area contributed by atoms with Crippen LogP contribution in [0.15, 0.2) is 66.9 Å². The fourth-order valence-corrected chi connectivity index (χ4v) is 6.60. The third kappa shape index (κ3) is 5.35. The number of para-hydroxylation sites is 1. The molecule has 2 aliphatic heterocycles. The first-order chi connectivity index (χ1) is 20.1. The lowest BCUT2D eigenvalue weighted by molar-refractivity contribution is 0.0952. The first-order valence-corrected chi connectivity index (χ1v) is 15.1.